The Bertz CT molecular complexity index is 1940. The molecule has 0 saturated heterocycles. The number of nitrogens with zero attached hydrogens (tertiary/aromatic N) is 5. The zero-order valence-corrected chi connectivity index (χ0v) is 28.7. The molecule has 3 heterocycles. The van der Waals surface area contributed by atoms with Gasteiger partial charge in [0.25, 0.3) is 5.91 Å². The minimum Gasteiger partial charge on any atom is -0.495 e. The summed E-state index contributed by atoms with van der Waals surface area (Å²) in [5.41, 5.74) is 2.29. The third kappa shape index (κ3) is 7.20. The fraction of sp³-hybridized carbons (Fsp3) is 0.394. The summed E-state index contributed by atoms with van der Waals surface area (Å²) >= 11 is 0. The molecule has 17 heteroatoms. The Morgan fingerprint density at radius 1 is 1.06 bits per heavy atom. The van der Waals surface area contributed by atoms with Gasteiger partial charge < -0.3 is 34.4 Å². The summed E-state index contributed by atoms with van der Waals surface area (Å²) in [5.74, 6) is -0.804. The van der Waals surface area contributed by atoms with Crippen molar-refractivity contribution in [2.75, 3.05) is 38.0 Å². The number of ether oxygens (including phenoxy) is 1. The van der Waals surface area contributed by atoms with Crippen LogP contribution in [0.3, 0.4) is 0 Å². The second-order valence-electron chi connectivity index (χ2n) is 12.0. The molecule has 1 aliphatic carbocycles. The van der Waals surface area contributed by atoms with Gasteiger partial charge in [0.05, 0.1) is 61.8 Å². The van der Waals surface area contributed by atoms with E-state index >= 15 is 0 Å². The molecule has 0 bridgehead atoms. The number of anilines is 4. The van der Waals surface area contributed by atoms with Crippen molar-refractivity contribution in [2.45, 2.75) is 57.7 Å². The zero-order chi connectivity index (χ0) is 35.8. The standard InChI is InChI=1S/C33H37F3N7O6P/c1-5-48-50(46,49-6-2)18-19-7-9-26(28(11-19)47-4)40-32-37-15-25(33(34,35)36)30(41-32)39-27-10-8-23(24-17-42(3)31(45)29(24)27)20-14-38-43(16-20)21-12-22(44)13-21/h7-11,14-16,21-22,44H,5-6,12-13,17-18H2,1-4H3,(H2,37,39,40,41). The first-order valence-electron chi connectivity index (χ1n) is 16.0. The van der Waals surface area contributed by atoms with Gasteiger partial charge in [-0.3, -0.25) is 14.0 Å². The Morgan fingerprint density at radius 3 is 2.44 bits per heavy atom. The molecule has 4 aromatic rings. The maximum absolute atomic E-state index is 14.2. The maximum Gasteiger partial charge on any atom is 0.421 e. The molecule has 1 fully saturated rings. The molecular weight excluding hydrogens is 678 g/mol. The quantitative estimate of drug-likeness (QED) is 0.124. The van der Waals surface area contributed by atoms with Crippen LogP contribution in [0.25, 0.3) is 11.1 Å². The monoisotopic (exact) mass is 715 g/mol. The average Bonchev–Trinajstić information content (AvgIpc) is 3.64. The van der Waals surface area contributed by atoms with Crippen molar-refractivity contribution >= 4 is 36.6 Å². The number of nitrogens with one attached hydrogen (secondary N) is 2. The summed E-state index contributed by atoms with van der Waals surface area (Å²) in [6.45, 7) is 4.07. The van der Waals surface area contributed by atoms with Crippen molar-refractivity contribution in [3.05, 3.63) is 71.2 Å². The van der Waals surface area contributed by atoms with Crippen LogP contribution in [0.15, 0.2) is 48.9 Å². The Labute approximate surface area is 286 Å². The Kier molecular flexibility index (Phi) is 9.91. The molecule has 1 aliphatic heterocycles. The van der Waals surface area contributed by atoms with Crippen LogP contribution >= 0.6 is 7.60 Å². The predicted octanol–water partition coefficient (Wildman–Crippen LogP) is 6.90. The number of aromatic nitrogens is 4. The number of amides is 1. The lowest BCUT2D eigenvalue weighted by atomic mass is 9.90. The Balaban J connectivity index is 1.31. The molecule has 1 saturated carbocycles. The van der Waals surface area contributed by atoms with Crippen molar-refractivity contribution in [3.63, 3.8) is 0 Å². The topological polar surface area (TPSA) is 153 Å². The minimum atomic E-state index is -4.82. The largest absolute Gasteiger partial charge is 0.495 e. The second-order valence-corrected chi connectivity index (χ2v) is 14.1. The van der Waals surface area contributed by atoms with E-state index in [1.54, 1.807) is 62.1 Å². The molecule has 2 aromatic carbocycles. The molecule has 0 radical (unpaired) electrons. The molecule has 0 spiro atoms. The minimum absolute atomic E-state index is 0.0137. The Hall–Kier alpha value is -4.50. The summed E-state index contributed by atoms with van der Waals surface area (Å²) in [5, 5.41) is 19.8. The lowest BCUT2D eigenvalue weighted by Gasteiger charge is -2.31. The van der Waals surface area contributed by atoms with E-state index in [0.29, 0.717) is 41.6 Å². The van der Waals surface area contributed by atoms with E-state index in [1.165, 1.54) is 12.0 Å². The first-order valence-corrected chi connectivity index (χ1v) is 17.7. The van der Waals surface area contributed by atoms with Gasteiger partial charge in [0.2, 0.25) is 5.95 Å². The molecule has 266 valence electrons. The fourth-order valence-corrected chi connectivity index (χ4v) is 7.75. The van der Waals surface area contributed by atoms with Crippen LogP contribution in [0.2, 0.25) is 0 Å². The summed E-state index contributed by atoms with van der Waals surface area (Å²) in [6, 6.07) is 8.24. The van der Waals surface area contributed by atoms with Crippen LogP contribution < -0.4 is 15.4 Å². The van der Waals surface area contributed by atoms with Crippen molar-refractivity contribution < 1.29 is 41.4 Å². The van der Waals surface area contributed by atoms with Crippen molar-refractivity contribution in [2.24, 2.45) is 0 Å². The molecule has 2 aliphatic rings. The first-order chi connectivity index (χ1) is 23.8. The van der Waals surface area contributed by atoms with Gasteiger partial charge in [-0.05, 0) is 61.6 Å². The molecule has 50 heavy (non-hydrogen) atoms. The first kappa shape index (κ1) is 35.3. The van der Waals surface area contributed by atoms with E-state index < -0.39 is 25.2 Å². The van der Waals surface area contributed by atoms with Crippen LogP contribution in [0.5, 0.6) is 5.75 Å². The molecule has 0 unspecified atom stereocenters. The third-order valence-corrected chi connectivity index (χ3v) is 10.6. The van der Waals surface area contributed by atoms with Crippen LogP contribution in [0.1, 0.15) is 59.8 Å². The van der Waals surface area contributed by atoms with Gasteiger partial charge in [-0.15, -0.1) is 0 Å². The molecule has 1 amide bonds. The maximum atomic E-state index is 14.2. The van der Waals surface area contributed by atoms with Gasteiger partial charge in [-0.1, -0.05) is 12.1 Å². The van der Waals surface area contributed by atoms with E-state index in [-0.39, 0.29) is 61.2 Å². The summed E-state index contributed by atoms with van der Waals surface area (Å²) in [7, 11) is -0.377. The number of fused-ring (bicyclic) bond motifs is 1. The van der Waals surface area contributed by atoms with Crippen LogP contribution in [-0.2, 0) is 32.5 Å². The van der Waals surface area contributed by atoms with E-state index in [1.807, 2.05) is 6.20 Å². The normalized spacial score (nSPS) is 17.4. The van der Waals surface area contributed by atoms with E-state index in [2.05, 4.69) is 25.7 Å². The number of hydrogen-bond acceptors (Lipinski definition) is 11. The highest BCUT2D eigenvalue weighted by Crippen LogP contribution is 2.52. The second kappa shape index (κ2) is 14.0. The number of carbonyl (C=O) groups excluding carboxylic acids is 1. The van der Waals surface area contributed by atoms with Gasteiger partial charge in [-0.25, -0.2) is 4.98 Å². The summed E-state index contributed by atoms with van der Waals surface area (Å²) in [6.07, 6.45) is 0.210. The van der Waals surface area contributed by atoms with Crippen LogP contribution in [0.4, 0.5) is 36.3 Å². The van der Waals surface area contributed by atoms with Gasteiger partial charge in [0.15, 0.2) is 0 Å². The number of hydrogen-bond donors (Lipinski definition) is 3. The highest BCUT2D eigenvalue weighted by atomic mass is 31.2. The van der Waals surface area contributed by atoms with Gasteiger partial charge >= 0.3 is 13.8 Å². The summed E-state index contributed by atoms with van der Waals surface area (Å²) < 4.78 is 73.8. The van der Waals surface area contributed by atoms with E-state index in [9.17, 15) is 27.6 Å². The average molecular weight is 716 g/mol. The highest BCUT2D eigenvalue weighted by molar-refractivity contribution is 7.53. The number of benzene rings is 2. The molecule has 0 atom stereocenters. The number of halogens is 3. The van der Waals surface area contributed by atoms with Crippen LogP contribution in [0, 0.1) is 0 Å². The lowest BCUT2D eigenvalue weighted by molar-refractivity contribution is -0.137. The van der Waals surface area contributed by atoms with Crippen LogP contribution in [-0.4, -0.2) is 69.1 Å². The number of aliphatic hydroxyl groups excluding tert-OH is 1. The lowest BCUT2D eigenvalue weighted by Crippen LogP contribution is -2.30. The van der Waals surface area contributed by atoms with E-state index in [0.717, 1.165) is 11.1 Å². The number of carbonyl (C=O) groups is 1. The molecule has 6 rings (SSSR count). The fourth-order valence-electron chi connectivity index (χ4n) is 6.06. The SMILES string of the molecule is CCOP(=O)(Cc1ccc(Nc2ncc(C(F)(F)F)c(Nc3ccc(-c4cnn(C5CC(O)C5)c4)c4c3C(=O)N(C)C4)n2)c(OC)c1)OCC. The van der Waals surface area contributed by atoms with E-state index in [4.69, 9.17) is 13.8 Å². The summed E-state index contributed by atoms with van der Waals surface area (Å²) in [4.78, 5) is 22.9. The molecule has 2 aromatic heterocycles. The smallest absolute Gasteiger partial charge is 0.421 e. The third-order valence-electron chi connectivity index (χ3n) is 8.53. The predicted molar refractivity (Wildman–Crippen MR) is 179 cm³/mol. The van der Waals surface area contributed by atoms with Crippen molar-refractivity contribution in [3.8, 4) is 16.9 Å². The number of aliphatic hydroxyl groups is 1. The molecule has 3 N–H and O–H groups in total. The number of methoxy groups -OCH3 is 1. The molecule has 13 nitrogen and oxygen atoms in total. The van der Waals surface area contributed by atoms with Gasteiger partial charge in [0, 0.05) is 31.5 Å². The van der Waals surface area contributed by atoms with Gasteiger partial charge in [-0.2, -0.15) is 23.3 Å². The number of alkyl halides is 3. The van der Waals surface area contributed by atoms with Gasteiger partial charge in [0.1, 0.15) is 17.1 Å². The zero-order valence-electron chi connectivity index (χ0n) is 27.8. The van der Waals surface area contributed by atoms with Crippen molar-refractivity contribution in [1.82, 2.24) is 24.6 Å². The Morgan fingerprint density at radius 2 is 1.78 bits per heavy atom. The highest BCUT2D eigenvalue weighted by Gasteiger charge is 2.37. The van der Waals surface area contributed by atoms with Crippen molar-refractivity contribution in [1.29, 1.82) is 0 Å². The molecular formula is C33H37F3N7O6P. The number of rotatable bonds is 13.